The van der Waals surface area contributed by atoms with Gasteiger partial charge in [0.05, 0.1) is 19.3 Å². The van der Waals surface area contributed by atoms with Crippen molar-refractivity contribution < 1.29 is 19.1 Å². The van der Waals surface area contributed by atoms with Crippen molar-refractivity contribution in [2.24, 2.45) is 16.8 Å². The summed E-state index contributed by atoms with van der Waals surface area (Å²) in [6, 6.07) is -0.834. The average molecular weight is 312 g/mol. The van der Waals surface area contributed by atoms with Crippen LogP contribution in [0.15, 0.2) is 17.4 Å². The van der Waals surface area contributed by atoms with Crippen molar-refractivity contribution in [2.45, 2.75) is 27.2 Å². The van der Waals surface area contributed by atoms with Crippen LogP contribution < -0.4 is 11.2 Å². The Morgan fingerprint density at radius 1 is 1.32 bits per heavy atom. The quantitative estimate of drug-likeness (QED) is 0.281. The summed E-state index contributed by atoms with van der Waals surface area (Å²) in [4.78, 5) is 36.7. The Labute approximate surface area is 130 Å². The van der Waals surface area contributed by atoms with Crippen molar-refractivity contribution in [2.75, 3.05) is 20.2 Å². The molecule has 124 valence electrons. The Kier molecular flexibility index (Phi) is 9.24. The maximum atomic E-state index is 12.5. The number of ether oxygens (including phenoxy) is 1. The number of hydrogen-bond acceptors (Lipinski definition) is 5. The van der Waals surface area contributed by atoms with Crippen LogP contribution in [0.1, 0.15) is 27.2 Å². The lowest BCUT2D eigenvalue weighted by Crippen LogP contribution is -2.40. The molecule has 0 radical (unpaired) electrons. The second-order valence-electron chi connectivity index (χ2n) is 4.50. The second kappa shape index (κ2) is 10.4. The highest BCUT2D eigenvalue weighted by Crippen LogP contribution is 2.12. The van der Waals surface area contributed by atoms with Crippen LogP contribution in [0.25, 0.3) is 0 Å². The number of ketones is 1. The molecule has 0 aromatic carbocycles. The minimum absolute atomic E-state index is 0.0645. The molecule has 0 heterocycles. The first-order chi connectivity index (χ1) is 10.4. The highest BCUT2D eigenvalue weighted by molar-refractivity contribution is 6.07. The molecule has 0 fully saturated rings. The van der Waals surface area contributed by atoms with Crippen molar-refractivity contribution in [3.05, 3.63) is 12.3 Å². The maximum absolute atomic E-state index is 12.5. The fraction of sp³-hybridized carbons (Fsp3) is 0.571. The van der Waals surface area contributed by atoms with Gasteiger partial charge in [-0.2, -0.15) is 5.10 Å². The van der Waals surface area contributed by atoms with E-state index in [1.165, 1.54) is 19.4 Å². The molecule has 0 aliphatic rings. The highest BCUT2D eigenvalue weighted by atomic mass is 16.5. The van der Waals surface area contributed by atoms with E-state index in [1.54, 1.807) is 11.8 Å². The van der Waals surface area contributed by atoms with Crippen LogP contribution in [0.4, 0.5) is 4.79 Å². The molecule has 22 heavy (non-hydrogen) atoms. The first-order valence-corrected chi connectivity index (χ1v) is 6.97. The Morgan fingerprint density at radius 2 is 1.91 bits per heavy atom. The smallest absolute Gasteiger partial charge is 0.332 e. The predicted molar refractivity (Wildman–Crippen MR) is 83.0 cm³/mol. The van der Waals surface area contributed by atoms with E-state index in [-0.39, 0.29) is 18.1 Å². The summed E-state index contributed by atoms with van der Waals surface area (Å²) in [5, 5.41) is 3.77. The standard InChI is InChI=1S/C14H24N4O4/c1-5-18(6-2)13(20)12(9-11(19)7-8-22-4)10(3)16-17-14(15)21/h7-8,12H,5-6,9H2,1-4H3,(H3,15,17,21)/b8-7+,16-10+. The molecule has 0 rings (SSSR count). The van der Waals surface area contributed by atoms with E-state index in [0.29, 0.717) is 18.8 Å². The van der Waals surface area contributed by atoms with Crippen molar-refractivity contribution in [1.82, 2.24) is 10.3 Å². The summed E-state index contributed by atoms with van der Waals surface area (Å²) in [5.74, 6) is -1.27. The number of carbonyl (C=O) groups excluding carboxylic acids is 3. The Balaban J connectivity index is 5.25. The van der Waals surface area contributed by atoms with E-state index in [9.17, 15) is 14.4 Å². The minimum atomic E-state index is -0.834. The Hall–Kier alpha value is -2.38. The number of methoxy groups -OCH3 is 1. The molecule has 8 heteroatoms. The predicted octanol–water partition coefficient (Wildman–Crippen LogP) is 0.635. The number of allylic oxidation sites excluding steroid dienone is 1. The molecule has 0 aliphatic carbocycles. The average Bonchev–Trinajstić information content (AvgIpc) is 2.49. The number of hydrazone groups is 1. The van der Waals surface area contributed by atoms with Crippen LogP contribution in [0, 0.1) is 5.92 Å². The Bertz CT molecular complexity index is 456. The highest BCUT2D eigenvalue weighted by Gasteiger charge is 2.27. The number of carbonyl (C=O) groups is 3. The summed E-state index contributed by atoms with van der Waals surface area (Å²) < 4.78 is 4.68. The van der Waals surface area contributed by atoms with Gasteiger partial charge in [-0.15, -0.1) is 0 Å². The number of nitrogens with one attached hydrogen (secondary N) is 1. The third-order valence-corrected chi connectivity index (χ3v) is 3.02. The molecule has 3 amide bonds. The fourth-order valence-electron chi connectivity index (χ4n) is 1.80. The monoisotopic (exact) mass is 312 g/mol. The number of nitrogens with two attached hydrogens (primary N) is 1. The van der Waals surface area contributed by atoms with Crippen LogP contribution in [-0.2, 0) is 14.3 Å². The largest absolute Gasteiger partial charge is 0.504 e. The number of urea groups is 1. The van der Waals surface area contributed by atoms with Crippen LogP contribution in [0.3, 0.4) is 0 Å². The van der Waals surface area contributed by atoms with E-state index in [0.717, 1.165) is 0 Å². The lowest BCUT2D eigenvalue weighted by atomic mass is 9.96. The van der Waals surface area contributed by atoms with Crippen molar-refractivity contribution >= 4 is 23.4 Å². The topological polar surface area (TPSA) is 114 Å². The van der Waals surface area contributed by atoms with Gasteiger partial charge < -0.3 is 15.4 Å². The molecule has 0 spiro atoms. The van der Waals surface area contributed by atoms with Crippen LogP contribution in [0.2, 0.25) is 0 Å². The molecule has 1 unspecified atom stereocenters. The van der Waals surface area contributed by atoms with Gasteiger partial charge in [0.2, 0.25) is 5.91 Å². The number of hydrogen-bond donors (Lipinski definition) is 2. The van der Waals surface area contributed by atoms with Gasteiger partial charge in [-0.1, -0.05) is 0 Å². The molecule has 8 nitrogen and oxygen atoms in total. The fourth-order valence-corrected chi connectivity index (χ4v) is 1.80. The normalized spacial score (nSPS) is 12.8. The van der Waals surface area contributed by atoms with Crippen molar-refractivity contribution in [3.63, 3.8) is 0 Å². The van der Waals surface area contributed by atoms with E-state index >= 15 is 0 Å². The number of amides is 3. The summed E-state index contributed by atoms with van der Waals surface area (Å²) in [6.07, 6.45) is 2.43. The van der Waals surface area contributed by atoms with Crippen molar-refractivity contribution in [1.29, 1.82) is 0 Å². The van der Waals surface area contributed by atoms with E-state index < -0.39 is 11.9 Å². The van der Waals surface area contributed by atoms with Gasteiger partial charge in [0.25, 0.3) is 0 Å². The molecular weight excluding hydrogens is 288 g/mol. The molecule has 0 aromatic rings. The van der Waals surface area contributed by atoms with Crippen LogP contribution >= 0.6 is 0 Å². The number of rotatable bonds is 9. The van der Waals surface area contributed by atoms with Gasteiger partial charge >= 0.3 is 6.03 Å². The zero-order valence-electron chi connectivity index (χ0n) is 13.5. The summed E-state index contributed by atoms with van der Waals surface area (Å²) in [6.45, 7) is 6.29. The SMILES string of the molecule is CCN(CC)C(=O)C(CC(=O)/C=C/OC)/C(C)=N/NC(N)=O. The van der Waals surface area contributed by atoms with Gasteiger partial charge in [0.15, 0.2) is 5.78 Å². The molecular formula is C14H24N4O4. The van der Waals surface area contributed by atoms with Gasteiger partial charge in [0, 0.05) is 31.3 Å². The molecule has 1 atom stereocenters. The Morgan fingerprint density at radius 3 is 2.36 bits per heavy atom. The zero-order chi connectivity index (χ0) is 17.1. The van der Waals surface area contributed by atoms with E-state index in [1.807, 2.05) is 13.8 Å². The molecule has 0 aliphatic heterocycles. The minimum Gasteiger partial charge on any atom is -0.504 e. The lowest BCUT2D eigenvalue weighted by molar-refractivity contribution is -0.134. The van der Waals surface area contributed by atoms with Gasteiger partial charge in [-0.3, -0.25) is 9.59 Å². The summed E-state index contributed by atoms with van der Waals surface area (Å²) in [5.41, 5.74) is 7.34. The van der Waals surface area contributed by atoms with Gasteiger partial charge in [-0.05, 0) is 20.8 Å². The molecule has 0 saturated carbocycles. The molecule has 0 saturated heterocycles. The third-order valence-electron chi connectivity index (χ3n) is 3.02. The molecule has 0 bridgehead atoms. The molecule has 0 aromatic heterocycles. The van der Waals surface area contributed by atoms with Crippen LogP contribution in [0.5, 0.6) is 0 Å². The zero-order valence-corrected chi connectivity index (χ0v) is 13.5. The lowest BCUT2D eigenvalue weighted by Gasteiger charge is -2.24. The van der Waals surface area contributed by atoms with Gasteiger partial charge in [-0.25, -0.2) is 10.2 Å². The third kappa shape index (κ3) is 6.87. The first kappa shape index (κ1) is 19.6. The van der Waals surface area contributed by atoms with Gasteiger partial charge in [0.1, 0.15) is 0 Å². The molecule has 3 N–H and O–H groups in total. The second-order valence-corrected chi connectivity index (χ2v) is 4.50. The number of primary amides is 1. The van der Waals surface area contributed by atoms with E-state index in [2.05, 4.69) is 15.3 Å². The summed E-state index contributed by atoms with van der Waals surface area (Å²) >= 11 is 0. The number of nitrogens with zero attached hydrogens (tertiary/aromatic N) is 2. The maximum Gasteiger partial charge on any atom is 0.332 e. The first-order valence-electron chi connectivity index (χ1n) is 6.97. The van der Waals surface area contributed by atoms with Crippen molar-refractivity contribution in [3.8, 4) is 0 Å². The van der Waals surface area contributed by atoms with E-state index in [4.69, 9.17) is 5.73 Å². The summed E-state index contributed by atoms with van der Waals surface area (Å²) in [7, 11) is 1.42. The van der Waals surface area contributed by atoms with Crippen LogP contribution in [-0.4, -0.2) is 48.5 Å².